The van der Waals surface area contributed by atoms with E-state index < -0.39 is 10.0 Å². The van der Waals surface area contributed by atoms with E-state index in [4.69, 9.17) is 0 Å². The van der Waals surface area contributed by atoms with Crippen molar-refractivity contribution in [1.82, 2.24) is 14.3 Å². The molecule has 6 nitrogen and oxygen atoms in total. The molecule has 4 rings (SSSR count). The first-order valence-electron chi connectivity index (χ1n) is 9.07. The largest absolute Gasteiger partial charge is 0.353 e. The minimum absolute atomic E-state index is 0.0516. The summed E-state index contributed by atoms with van der Waals surface area (Å²) in [7, 11) is -3.31. The van der Waals surface area contributed by atoms with Gasteiger partial charge >= 0.3 is 0 Å². The van der Waals surface area contributed by atoms with E-state index >= 15 is 0 Å². The second-order valence-corrected chi connectivity index (χ2v) is 9.69. The molecule has 0 unspecified atom stereocenters. The highest BCUT2D eigenvalue weighted by Gasteiger charge is 2.28. The van der Waals surface area contributed by atoms with E-state index in [1.807, 2.05) is 30.3 Å². The Labute approximate surface area is 163 Å². The highest BCUT2D eigenvalue weighted by molar-refractivity contribution is 7.88. The van der Waals surface area contributed by atoms with E-state index in [0.717, 1.165) is 28.0 Å². The van der Waals surface area contributed by atoms with Crippen LogP contribution in [-0.2, 0) is 22.2 Å². The molecular formula is C19H22N4O2S2. The lowest BCUT2D eigenvalue weighted by Gasteiger charge is -2.34. The molecule has 8 heteroatoms. The number of fused-ring (bicyclic) bond motifs is 1. The van der Waals surface area contributed by atoms with Gasteiger partial charge in [0.05, 0.1) is 11.1 Å². The zero-order chi connectivity index (χ0) is 18.9. The number of aryl methyl sites for hydroxylation is 1. The van der Waals surface area contributed by atoms with Gasteiger partial charge in [0.1, 0.15) is 17.0 Å². The van der Waals surface area contributed by atoms with E-state index in [1.165, 1.54) is 4.88 Å². The third kappa shape index (κ3) is 3.83. The van der Waals surface area contributed by atoms with Crippen LogP contribution >= 0.6 is 11.3 Å². The van der Waals surface area contributed by atoms with Crippen LogP contribution in [0.5, 0.6) is 0 Å². The number of rotatable bonds is 5. The average molecular weight is 403 g/mol. The summed E-state index contributed by atoms with van der Waals surface area (Å²) >= 11 is 1.70. The molecule has 1 fully saturated rings. The molecule has 142 valence electrons. The van der Waals surface area contributed by atoms with Crippen LogP contribution < -0.4 is 4.90 Å². The molecule has 0 aliphatic carbocycles. The highest BCUT2D eigenvalue weighted by Crippen LogP contribution is 2.31. The van der Waals surface area contributed by atoms with Crippen molar-refractivity contribution in [3.63, 3.8) is 0 Å². The fourth-order valence-electron chi connectivity index (χ4n) is 3.37. The molecule has 2 aromatic heterocycles. The Morgan fingerprint density at radius 1 is 1.07 bits per heavy atom. The molecule has 1 saturated heterocycles. The Hall–Kier alpha value is -2.03. The van der Waals surface area contributed by atoms with Crippen molar-refractivity contribution < 1.29 is 8.42 Å². The van der Waals surface area contributed by atoms with Gasteiger partial charge in [0, 0.05) is 31.1 Å². The van der Waals surface area contributed by atoms with Gasteiger partial charge in [-0.25, -0.2) is 18.4 Å². The Balaban J connectivity index is 1.48. The fourth-order valence-corrected chi connectivity index (χ4v) is 5.82. The van der Waals surface area contributed by atoms with Gasteiger partial charge in [0.2, 0.25) is 10.0 Å². The van der Waals surface area contributed by atoms with Gasteiger partial charge in [-0.1, -0.05) is 37.3 Å². The maximum absolute atomic E-state index is 12.7. The molecule has 1 aliphatic heterocycles. The van der Waals surface area contributed by atoms with E-state index in [1.54, 1.807) is 22.0 Å². The Kier molecular flexibility index (Phi) is 5.12. The fraction of sp³-hybridized carbons (Fsp3) is 0.368. The van der Waals surface area contributed by atoms with Gasteiger partial charge in [0.15, 0.2) is 0 Å². The number of thiophene rings is 1. The smallest absolute Gasteiger partial charge is 0.218 e. The molecule has 27 heavy (non-hydrogen) atoms. The number of piperazine rings is 1. The maximum atomic E-state index is 12.7. The summed E-state index contributed by atoms with van der Waals surface area (Å²) in [5, 5.41) is 1.07. The van der Waals surface area contributed by atoms with Crippen molar-refractivity contribution in [2.24, 2.45) is 0 Å². The number of benzene rings is 1. The predicted octanol–water partition coefficient (Wildman–Crippen LogP) is 2.91. The second-order valence-electron chi connectivity index (χ2n) is 6.61. The van der Waals surface area contributed by atoms with E-state index in [2.05, 4.69) is 27.9 Å². The van der Waals surface area contributed by atoms with Crippen molar-refractivity contribution >= 4 is 37.4 Å². The number of anilines is 1. The van der Waals surface area contributed by atoms with Crippen molar-refractivity contribution in [2.45, 2.75) is 19.1 Å². The van der Waals surface area contributed by atoms with Gasteiger partial charge in [-0.3, -0.25) is 0 Å². The summed E-state index contributed by atoms with van der Waals surface area (Å²) in [4.78, 5) is 13.3. The van der Waals surface area contributed by atoms with Crippen LogP contribution in [0.25, 0.3) is 10.2 Å². The highest BCUT2D eigenvalue weighted by atomic mass is 32.2. The van der Waals surface area contributed by atoms with Crippen LogP contribution in [0.1, 0.15) is 17.4 Å². The molecule has 1 aromatic carbocycles. The molecule has 0 amide bonds. The minimum Gasteiger partial charge on any atom is -0.353 e. The first-order chi connectivity index (χ1) is 13.1. The van der Waals surface area contributed by atoms with E-state index in [-0.39, 0.29) is 5.75 Å². The van der Waals surface area contributed by atoms with E-state index in [9.17, 15) is 8.42 Å². The van der Waals surface area contributed by atoms with E-state index in [0.29, 0.717) is 26.2 Å². The predicted molar refractivity (Wildman–Crippen MR) is 110 cm³/mol. The van der Waals surface area contributed by atoms with Gasteiger partial charge in [-0.15, -0.1) is 11.3 Å². The molecule has 0 atom stereocenters. The summed E-state index contributed by atoms with van der Waals surface area (Å²) in [5.74, 6) is 0.965. The SMILES string of the molecule is CCc1cc2c(N3CCN(S(=O)(=O)Cc4ccccc4)CC3)ncnc2s1. The summed E-state index contributed by atoms with van der Waals surface area (Å²) in [6.45, 7) is 4.36. The first kappa shape index (κ1) is 18.3. The summed E-state index contributed by atoms with van der Waals surface area (Å²) < 4.78 is 27.1. The lowest BCUT2D eigenvalue weighted by Crippen LogP contribution is -2.49. The van der Waals surface area contributed by atoms with Crippen molar-refractivity contribution in [2.75, 3.05) is 31.1 Å². The molecule has 0 radical (unpaired) electrons. The zero-order valence-corrected chi connectivity index (χ0v) is 16.8. The second kappa shape index (κ2) is 7.53. The first-order valence-corrected chi connectivity index (χ1v) is 11.5. The molecule has 0 bridgehead atoms. The lowest BCUT2D eigenvalue weighted by atomic mass is 10.2. The molecule has 1 aliphatic rings. The van der Waals surface area contributed by atoms with Gasteiger partial charge in [-0.05, 0) is 18.1 Å². The van der Waals surface area contributed by atoms with Gasteiger partial charge in [0.25, 0.3) is 0 Å². The number of aromatic nitrogens is 2. The molecule has 3 heterocycles. The Bertz CT molecular complexity index is 1030. The zero-order valence-electron chi connectivity index (χ0n) is 15.2. The van der Waals surface area contributed by atoms with Crippen LogP contribution in [-0.4, -0.2) is 48.9 Å². The Morgan fingerprint density at radius 3 is 2.52 bits per heavy atom. The van der Waals surface area contributed by atoms with Crippen molar-refractivity contribution in [1.29, 1.82) is 0 Å². The standard InChI is InChI=1S/C19H22N4O2S2/c1-2-16-12-17-18(20-14-21-19(17)26-16)22-8-10-23(11-9-22)27(24,25)13-15-6-4-3-5-7-15/h3-7,12,14H,2,8-11,13H2,1H3. The van der Waals surface area contributed by atoms with Crippen LogP contribution in [0.3, 0.4) is 0 Å². The summed E-state index contributed by atoms with van der Waals surface area (Å²) in [6, 6.07) is 11.5. The lowest BCUT2D eigenvalue weighted by molar-refractivity contribution is 0.383. The third-order valence-corrected chi connectivity index (χ3v) is 7.87. The van der Waals surface area contributed by atoms with Crippen molar-refractivity contribution in [3.8, 4) is 0 Å². The van der Waals surface area contributed by atoms with Gasteiger partial charge < -0.3 is 4.90 Å². The monoisotopic (exact) mass is 402 g/mol. The normalized spacial score (nSPS) is 16.1. The number of hydrogen-bond donors (Lipinski definition) is 0. The van der Waals surface area contributed by atoms with Gasteiger partial charge in [-0.2, -0.15) is 4.31 Å². The van der Waals surface area contributed by atoms with Crippen LogP contribution in [0.15, 0.2) is 42.7 Å². The molecular weight excluding hydrogens is 380 g/mol. The summed E-state index contributed by atoms with van der Waals surface area (Å²) in [6.07, 6.45) is 2.58. The number of nitrogens with zero attached hydrogens (tertiary/aromatic N) is 4. The molecule has 0 spiro atoms. The minimum atomic E-state index is -3.31. The summed E-state index contributed by atoms with van der Waals surface area (Å²) in [5.41, 5.74) is 0.822. The van der Waals surface area contributed by atoms with Crippen LogP contribution in [0.4, 0.5) is 5.82 Å². The third-order valence-electron chi connectivity index (χ3n) is 4.83. The van der Waals surface area contributed by atoms with Crippen molar-refractivity contribution in [3.05, 3.63) is 53.2 Å². The quantitative estimate of drug-likeness (QED) is 0.656. The molecule has 0 N–H and O–H groups in total. The molecule has 3 aromatic rings. The number of hydrogen-bond acceptors (Lipinski definition) is 6. The topological polar surface area (TPSA) is 66.4 Å². The average Bonchev–Trinajstić information content (AvgIpc) is 3.12. The van der Waals surface area contributed by atoms with Crippen LogP contribution in [0.2, 0.25) is 0 Å². The Morgan fingerprint density at radius 2 is 1.81 bits per heavy atom. The molecule has 0 saturated carbocycles. The van der Waals surface area contributed by atoms with Crippen LogP contribution in [0, 0.1) is 0 Å². The number of sulfonamides is 1. The maximum Gasteiger partial charge on any atom is 0.218 e.